The quantitative estimate of drug-likeness (QED) is 0.505. The molecule has 0 radical (unpaired) electrons. The third-order valence-electron chi connectivity index (χ3n) is 5.27. The number of phenols is 1. The first-order valence-electron chi connectivity index (χ1n) is 10.0. The van der Waals surface area contributed by atoms with Crippen molar-refractivity contribution in [3.63, 3.8) is 0 Å². The zero-order valence-corrected chi connectivity index (χ0v) is 19.1. The van der Waals surface area contributed by atoms with E-state index >= 15 is 0 Å². The molecule has 162 valence electrons. The van der Waals surface area contributed by atoms with Gasteiger partial charge in [0.1, 0.15) is 12.2 Å². The molecule has 1 aliphatic heterocycles. The van der Waals surface area contributed by atoms with Crippen LogP contribution in [0.5, 0.6) is 11.5 Å². The SMILES string of the molecule is Oc1cc(Cl)c(Cl)cc1O[C@@H]1CCO[C@H](CP(c2ccccc2)c2ccccc2)[C@H]1O. The van der Waals surface area contributed by atoms with Crippen LogP contribution in [0.2, 0.25) is 10.0 Å². The molecule has 1 saturated heterocycles. The fourth-order valence-electron chi connectivity index (χ4n) is 3.66. The fourth-order valence-corrected chi connectivity index (χ4v) is 6.44. The molecule has 0 bridgehead atoms. The predicted octanol–water partition coefficient (Wildman–Crippen LogP) is 4.73. The second-order valence-corrected chi connectivity index (χ2v) is 10.4. The van der Waals surface area contributed by atoms with Crippen LogP contribution in [0.1, 0.15) is 6.42 Å². The Labute approximate surface area is 193 Å². The highest BCUT2D eigenvalue weighted by atomic mass is 35.5. The molecule has 1 fully saturated rings. The van der Waals surface area contributed by atoms with E-state index in [2.05, 4.69) is 24.3 Å². The normalized spacial score (nSPS) is 21.2. The van der Waals surface area contributed by atoms with E-state index in [-0.39, 0.29) is 21.5 Å². The minimum Gasteiger partial charge on any atom is -0.504 e. The highest BCUT2D eigenvalue weighted by Gasteiger charge is 2.36. The Morgan fingerprint density at radius 3 is 2.13 bits per heavy atom. The summed E-state index contributed by atoms with van der Waals surface area (Å²) in [5.74, 6) is 0.0907. The van der Waals surface area contributed by atoms with Crippen LogP contribution in [0.4, 0.5) is 0 Å². The maximum Gasteiger partial charge on any atom is 0.163 e. The molecule has 0 aliphatic carbocycles. The van der Waals surface area contributed by atoms with Crippen LogP contribution in [0.25, 0.3) is 0 Å². The molecule has 7 heteroatoms. The topological polar surface area (TPSA) is 58.9 Å². The number of aliphatic hydroxyl groups excluding tert-OH is 1. The number of aromatic hydroxyl groups is 1. The first-order chi connectivity index (χ1) is 15.0. The summed E-state index contributed by atoms with van der Waals surface area (Å²) in [4.78, 5) is 0. The van der Waals surface area contributed by atoms with Crippen molar-refractivity contribution < 1.29 is 19.7 Å². The summed E-state index contributed by atoms with van der Waals surface area (Å²) in [6.45, 7) is 0.460. The molecule has 0 unspecified atom stereocenters. The van der Waals surface area contributed by atoms with Gasteiger partial charge in [-0.3, -0.25) is 0 Å². The van der Waals surface area contributed by atoms with Gasteiger partial charge in [0.15, 0.2) is 11.5 Å². The zero-order chi connectivity index (χ0) is 21.8. The summed E-state index contributed by atoms with van der Waals surface area (Å²) in [7, 11) is -0.723. The molecule has 1 heterocycles. The summed E-state index contributed by atoms with van der Waals surface area (Å²) < 4.78 is 11.9. The zero-order valence-electron chi connectivity index (χ0n) is 16.7. The summed E-state index contributed by atoms with van der Waals surface area (Å²) >= 11 is 12.0. The molecular formula is C24H23Cl2O4P. The lowest BCUT2D eigenvalue weighted by Gasteiger charge is -2.37. The summed E-state index contributed by atoms with van der Waals surface area (Å²) in [5.41, 5.74) is 0. The molecule has 0 aromatic heterocycles. The highest BCUT2D eigenvalue weighted by Crippen LogP contribution is 2.39. The van der Waals surface area contributed by atoms with Gasteiger partial charge < -0.3 is 19.7 Å². The van der Waals surface area contributed by atoms with E-state index in [0.717, 1.165) is 0 Å². The van der Waals surface area contributed by atoms with E-state index in [0.29, 0.717) is 19.2 Å². The smallest absolute Gasteiger partial charge is 0.163 e. The molecule has 0 spiro atoms. The molecule has 4 nitrogen and oxygen atoms in total. The number of ether oxygens (including phenoxy) is 2. The van der Waals surface area contributed by atoms with Gasteiger partial charge in [-0.1, -0.05) is 83.9 Å². The van der Waals surface area contributed by atoms with Gasteiger partial charge in [-0.05, 0) is 18.5 Å². The van der Waals surface area contributed by atoms with E-state index in [1.165, 1.54) is 22.7 Å². The van der Waals surface area contributed by atoms with Gasteiger partial charge in [0.25, 0.3) is 0 Å². The molecule has 4 rings (SSSR count). The minimum atomic E-state index is -0.847. The number of aliphatic hydroxyl groups is 1. The molecule has 3 atom stereocenters. The maximum absolute atomic E-state index is 11.1. The highest BCUT2D eigenvalue weighted by molar-refractivity contribution is 7.73. The van der Waals surface area contributed by atoms with E-state index < -0.39 is 26.2 Å². The van der Waals surface area contributed by atoms with E-state index in [4.69, 9.17) is 32.7 Å². The summed E-state index contributed by atoms with van der Waals surface area (Å²) in [6.07, 6.45) is -0.593. The number of hydrogen-bond donors (Lipinski definition) is 2. The van der Waals surface area contributed by atoms with Crippen molar-refractivity contribution in [2.24, 2.45) is 0 Å². The number of benzene rings is 3. The van der Waals surface area contributed by atoms with Gasteiger partial charge in [0.2, 0.25) is 0 Å². The average Bonchev–Trinajstić information content (AvgIpc) is 2.79. The predicted molar refractivity (Wildman–Crippen MR) is 127 cm³/mol. The lowest BCUT2D eigenvalue weighted by Crippen LogP contribution is -2.49. The number of phenolic OH excluding ortho intramolecular Hbond substituents is 1. The van der Waals surface area contributed by atoms with Gasteiger partial charge in [-0.2, -0.15) is 0 Å². The van der Waals surface area contributed by atoms with E-state index in [1.807, 2.05) is 36.4 Å². The molecule has 3 aromatic carbocycles. The Kier molecular flexibility index (Phi) is 7.37. The molecule has 31 heavy (non-hydrogen) atoms. The van der Waals surface area contributed by atoms with Gasteiger partial charge in [-0.25, -0.2) is 0 Å². The Bertz CT molecular complexity index is 964. The number of hydrogen-bond acceptors (Lipinski definition) is 4. The number of rotatable bonds is 6. The van der Waals surface area contributed by atoms with Crippen LogP contribution in [0.15, 0.2) is 72.8 Å². The van der Waals surface area contributed by atoms with Crippen LogP contribution in [-0.4, -0.2) is 41.3 Å². The van der Waals surface area contributed by atoms with E-state index in [9.17, 15) is 10.2 Å². The van der Waals surface area contributed by atoms with Crippen molar-refractivity contribution in [3.05, 3.63) is 82.8 Å². The van der Waals surface area contributed by atoms with Crippen LogP contribution < -0.4 is 15.3 Å². The first kappa shape index (κ1) is 22.4. The Morgan fingerprint density at radius 2 is 1.52 bits per heavy atom. The molecular weight excluding hydrogens is 454 g/mol. The lowest BCUT2D eigenvalue weighted by atomic mass is 10.0. The van der Waals surface area contributed by atoms with Crippen LogP contribution in [0, 0.1) is 0 Å². The summed E-state index contributed by atoms with van der Waals surface area (Å²) in [5, 5.41) is 24.2. The van der Waals surface area contributed by atoms with Crippen molar-refractivity contribution in [2.75, 3.05) is 12.8 Å². The van der Waals surface area contributed by atoms with Crippen molar-refractivity contribution in [1.82, 2.24) is 0 Å². The molecule has 2 N–H and O–H groups in total. The average molecular weight is 477 g/mol. The lowest BCUT2D eigenvalue weighted by molar-refractivity contribution is -0.117. The van der Waals surface area contributed by atoms with Crippen molar-refractivity contribution >= 4 is 41.7 Å². The van der Waals surface area contributed by atoms with Crippen molar-refractivity contribution in [2.45, 2.75) is 24.7 Å². The van der Waals surface area contributed by atoms with Crippen LogP contribution >= 0.6 is 31.1 Å². The molecule has 0 amide bonds. The van der Waals surface area contributed by atoms with Gasteiger partial charge >= 0.3 is 0 Å². The van der Waals surface area contributed by atoms with Crippen LogP contribution in [-0.2, 0) is 4.74 Å². The van der Waals surface area contributed by atoms with Crippen molar-refractivity contribution in [3.8, 4) is 11.5 Å². The monoisotopic (exact) mass is 476 g/mol. The second-order valence-electron chi connectivity index (χ2n) is 7.36. The standard InChI is InChI=1S/C24H23Cl2O4P/c25-18-13-20(27)22(14-19(18)26)30-21-11-12-29-23(24(21)28)15-31(16-7-3-1-4-8-16)17-9-5-2-6-10-17/h1-10,13-14,21,23-24,27-28H,11-12,15H2/t21-,23-,24+/m1/s1. The Morgan fingerprint density at radius 1 is 0.935 bits per heavy atom. The number of halogens is 2. The molecule has 3 aromatic rings. The fraction of sp³-hybridized carbons (Fsp3) is 0.250. The largest absolute Gasteiger partial charge is 0.504 e. The third kappa shape index (κ3) is 5.34. The molecule has 0 saturated carbocycles. The van der Waals surface area contributed by atoms with E-state index in [1.54, 1.807) is 0 Å². The summed E-state index contributed by atoms with van der Waals surface area (Å²) in [6, 6.07) is 23.4. The van der Waals surface area contributed by atoms with Gasteiger partial charge in [-0.15, -0.1) is 0 Å². The van der Waals surface area contributed by atoms with Crippen LogP contribution in [0.3, 0.4) is 0 Å². The van der Waals surface area contributed by atoms with Crippen molar-refractivity contribution in [1.29, 1.82) is 0 Å². The maximum atomic E-state index is 11.1. The van der Waals surface area contributed by atoms with Gasteiger partial charge in [0.05, 0.1) is 22.8 Å². The Balaban J connectivity index is 1.54. The first-order valence-corrected chi connectivity index (χ1v) is 12.3. The van der Waals surface area contributed by atoms with Gasteiger partial charge in [0, 0.05) is 24.7 Å². The molecule has 1 aliphatic rings. The third-order valence-corrected chi connectivity index (χ3v) is 8.56. The minimum absolute atomic E-state index is 0.111. The Hall–Kier alpha value is -1.81. The second kappa shape index (κ2) is 10.2.